The summed E-state index contributed by atoms with van der Waals surface area (Å²) in [6.45, 7) is 7.39. The molecule has 0 aromatic carbocycles. The smallest absolute Gasteiger partial charge is 0.341 e. The van der Waals surface area contributed by atoms with E-state index in [1.807, 2.05) is 13.8 Å². The number of rotatable bonds is 5. The zero-order chi connectivity index (χ0) is 16.1. The Morgan fingerprint density at radius 1 is 1.36 bits per heavy atom. The van der Waals surface area contributed by atoms with Gasteiger partial charge in [-0.2, -0.15) is 0 Å². The molecule has 1 aliphatic heterocycles. The van der Waals surface area contributed by atoms with Gasteiger partial charge in [0.2, 0.25) is 0 Å². The van der Waals surface area contributed by atoms with Gasteiger partial charge in [-0.15, -0.1) is 11.3 Å². The van der Waals surface area contributed by atoms with Crippen molar-refractivity contribution >= 4 is 28.2 Å². The van der Waals surface area contributed by atoms with Gasteiger partial charge in [0, 0.05) is 4.88 Å². The number of morpholine rings is 1. The first-order chi connectivity index (χ1) is 10.6. The summed E-state index contributed by atoms with van der Waals surface area (Å²) >= 11 is 1.43. The highest BCUT2D eigenvalue weighted by Crippen LogP contribution is 2.33. The van der Waals surface area contributed by atoms with Crippen molar-refractivity contribution in [2.24, 2.45) is 0 Å². The Labute approximate surface area is 134 Å². The van der Waals surface area contributed by atoms with Gasteiger partial charge in [0.15, 0.2) is 6.54 Å². The van der Waals surface area contributed by atoms with Gasteiger partial charge in [0.1, 0.15) is 18.1 Å². The summed E-state index contributed by atoms with van der Waals surface area (Å²) in [6.07, 6.45) is 0.733. The van der Waals surface area contributed by atoms with Gasteiger partial charge in [-0.1, -0.05) is 6.92 Å². The van der Waals surface area contributed by atoms with Crippen LogP contribution < -0.4 is 10.2 Å². The van der Waals surface area contributed by atoms with E-state index in [1.54, 1.807) is 0 Å². The Hall–Kier alpha value is -1.44. The van der Waals surface area contributed by atoms with Crippen LogP contribution in [0.2, 0.25) is 0 Å². The lowest BCUT2D eigenvalue weighted by Gasteiger charge is -2.23. The average Bonchev–Trinajstić information content (AvgIpc) is 2.82. The summed E-state index contributed by atoms with van der Waals surface area (Å²) in [5.41, 5.74) is 1.45. The third-order valence-electron chi connectivity index (χ3n) is 3.82. The van der Waals surface area contributed by atoms with Crippen molar-refractivity contribution in [1.82, 2.24) is 0 Å². The van der Waals surface area contributed by atoms with Crippen molar-refractivity contribution in [2.45, 2.75) is 20.3 Å². The van der Waals surface area contributed by atoms with Crippen LogP contribution >= 0.6 is 11.3 Å². The van der Waals surface area contributed by atoms with Crippen LogP contribution in [0, 0.1) is 6.92 Å². The zero-order valence-electron chi connectivity index (χ0n) is 13.3. The molecule has 1 amide bonds. The van der Waals surface area contributed by atoms with Crippen LogP contribution in [0.1, 0.15) is 27.7 Å². The van der Waals surface area contributed by atoms with Crippen LogP contribution in [0.5, 0.6) is 0 Å². The van der Waals surface area contributed by atoms with E-state index in [4.69, 9.17) is 9.47 Å². The van der Waals surface area contributed by atoms with E-state index in [0.717, 1.165) is 30.0 Å². The lowest BCUT2D eigenvalue weighted by Crippen LogP contribution is -3.15. The number of methoxy groups -OCH3 is 1. The van der Waals surface area contributed by atoms with Gasteiger partial charge < -0.3 is 19.7 Å². The average molecular weight is 327 g/mol. The topological polar surface area (TPSA) is 69.1 Å². The highest BCUT2D eigenvalue weighted by atomic mass is 32.1. The van der Waals surface area contributed by atoms with Gasteiger partial charge in [-0.25, -0.2) is 4.79 Å². The number of ether oxygens (including phenoxy) is 2. The van der Waals surface area contributed by atoms with E-state index in [-0.39, 0.29) is 5.91 Å². The number of aryl methyl sites for hydroxylation is 1. The summed E-state index contributed by atoms with van der Waals surface area (Å²) in [4.78, 5) is 26.5. The molecule has 122 valence electrons. The molecule has 1 fully saturated rings. The minimum absolute atomic E-state index is 0.0778. The number of quaternary nitrogens is 1. The van der Waals surface area contributed by atoms with Crippen molar-refractivity contribution in [3.63, 3.8) is 0 Å². The number of hydrogen-bond donors (Lipinski definition) is 2. The molecule has 0 aliphatic carbocycles. The number of anilines is 1. The van der Waals surface area contributed by atoms with Gasteiger partial charge in [-0.3, -0.25) is 4.79 Å². The SMILES string of the molecule is CCc1c(C)sc(NC(=O)C[NH+]2CCOCC2)c1C(=O)OC. The summed E-state index contributed by atoms with van der Waals surface area (Å²) < 4.78 is 10.1. The predicted octanol–water partition coefficient (Wildman–Crippen LogP) is 0.259. The van der Waals surface area contributed by atoms with Crippen LogP contribution in [0.15, 0.2) is 0 Å². The molecular formula is C15H23N2O4S+. The Bertz CT molecular complexity index is 550. The highest BCUT2D eigenvalue weighted by Gasteiger charge is 2.24. The van der Waals surface area contributed by atoms with Gasteiger partial charge in [-0.05, 0) is 18.9 Å². The number of hydrogen-bond acceptors (Lipinski definition) is 5. The monoisotopic (exact) mass is 327 g/mol. The Morgan fingerprint density at radius 2 is 2.05 bits per heavy atom. The normalized spacial score (nSPS) is 15.6. The number of carbonyl (C=O) groups is 2. The number of thiophene rings is 1. The fourth-order valence-electron chi connectivity index (χ4n) is 2.65. The fraction of sp³-hybridized carbons (Fsp3) is 0.600. The van der Waals surface area contributed by atoms with Crippen LogP contribution in [0.4, 0.5) is 5.00 Å². The van der Waals surface area contributed by atoms with Gasteiger partial charge in [0.25, 0.3) is 5.91 Å². The molecule has 0 radical (unpaired) electrons. The molecule has 0 atom stereocenters. The number of nitrogens with one attached hydrogen (secondary N) is 2. The molecule has 2 heterocycles. The van der Waals surface area contributed by atoms with Crippen molar-refractivity contribution in [1.29, 1.82) is 0 Å². The largest absolute Gasteiger partial charge is 0.465 e. The van der Waals surface area contributed by atoms with Crippen molar-refractivity contribution in [3.8, 4) is 0 Å². The van der Waals surface area contributed by atoms with Gasteiger partial charge in [0.05, 0.1) is 25.9 Å². The van der Waals surface area contributed by atoms with Gasteiger partial charge >= 0.3 is 5.97 Å². The lowest BCUT2D eigenvalue weighted by molar-refractivity contribution is -0.899. The minimum atomic E-state index is -0.393. The van der Waals surface area contributed by atoms with Crippen LogP contribution in [0.3, 0.4) is 0 Å². The molecule has 1 aromatic rings. The standard InChI is InChI=1S/C15H22N2O4S/c1-4-11-10(2)22-14(13(11)15(19)20-3)16-12(18)9-17-5-7-21-8-6-17/h4-9H2,1-3H3,(H,16,18)/p+1. The van der Waals surface area contributed by atoms with Crippen LogP contribution in [-0.4, -0.2) is 51.8 Å². The first kappa shape index (κ1) is 16.9. The number of amides is 1. The summed E-state index contributed by atoms with van der Waals surface area (Å²) in [7, 11) is 1.36. The lowest BCUT2D eigenvalue weighted by atomic mass is 10.1. The Kier molecular flexibility index (Phi) is 5.93. The molecule has 1 aromatic heterocycles. The number of esters is 1. The quantitative estimate of drug-likeness (QED) is 0.761. The molecule has 2 rings (SSSR count). The Balaban J connectivity index is 2.11. The molecule has 2 N–H and O–H groups in total. The van der Waals surface area contributed by atoms with Crippen molar-refractivity contribution < 1.29 is 24.0 Å². The predicted molar refractivity (Wildman–Crippen MR) is 84.8 cm³/mol. The Morgan fingerprint density at radius 3 is 2.64 bits per heavy atom. The van der Waals surface area contributed by atoms with E-state index >= 15 is 0 Å². The second-order valence-corrected chi connectivity index (χ2v) is 6.50. The van der Waals surface area contributed by atoms with Crippen molar-refractivity contribution in [2.75, 3.05) is 45.3 Å². The first-order valence-electron chi connectivity index (χ1n) is 7.48. The summed E-state index contributed by atoms with van der Waals surface area (Å²) in [6, 6.07) is 0. The molecule has 0 unspecified atom stereocenters. The van der Waals surface area contributed by atoms with E-state index in [0.29, 0.717) is 30.3 Å². The van der Waals surface area contributed by atoms with Crippen LogP contribution in [-0.2, 0) is 20.7 Å². The maximum absolute atomic E-state index is 12.2. The van der Waals surface area contributed by atoms with E-state index < -0.39 is 5.97 Å². The zero-order valence-corrected chi connectivity index (χ0v) is 14.1. The number of carbonyl (C=O) groups excluding carboxylic acids is 2. The molecule has 0 bridgehead atoms. The molecule has 22 heavy (non-hydrogen) atoms. The van der Waals surface area contributed by atoms with Crippen molar-refractivity contribution in [3.05, 3.63) is 16.0 Å². The van der Waals surface area contributed by atoms with Crippen LogP contribution in [0.25, 0.3) is 0 Å². The summed E-state index contributed by atoms with van der Waals surface area (Å²) in [5, 5.41) is 3.48. The highest BCUT2D eigenvalue weighted by molar-refractivity contribution is 7.16. The second-order valence-electron chi connectivity index (χ2n) is 5.27. The minimum Gasteiger partial charge on any atom is -0.465 e. The van der Waals surface area contributed by atoms with E-state index in [1.165, 1.54) is 23.3 Å². The molecule has 1 saturated heterocycles. The van der Waals surface area contributed by atoms with E-state index in [2.05, 4.69) is 5.32 Å². The summed E-state index contributed by atoms with van der Waals surface area (Å²) in [5.74, 6) is -0.471. The molecule has 0 spiro atoms. The third kappa shape index (κ3) is 3.85. The second kappa shape index (κ2) is 7.71. The molecule has 1 aliphatic rings. The molecule has 0 saturated carbocycles. The molecular weight excluding hydrogens is 304 g/mol. The molecule has 7 heteroatoms. The fourth-order valence-corrected chi connectivity index (χ4v) is 3.79. The maximum Gasteiger partial charge on any atom is 0.341 e. The first-order valence-corrected chi connectivity index (χ1v) is 8.30. The maximum atomic E-state index is 12.2. The molecule has 6 nitrogen and oxygen atoms in total. The third-order valence-corrected chi connectivity index (χ3v) is 4.88. The van der Waals surface area contributed by atoms with E-state index in [9.17, 15) is 9.59 Å².